The van der Waals surface area contributed by atoms with Crippen molar-refractivity contribution < 1.29 is 19.4 Å². The first-order valence-electron chi connectivity index (χ1n) is 7.92. The lowest BCUT2D eigenvalue weighted by Crippen LogP contribution is -2.30. The number of halogens is 1. The van der Waals surface area contributed by atoms with Gasteiger partial charge in [0.15, 0.2) is 0 Å². The zero-order chi connectivity index (χ0) is 16.8. The molecule has 126 valence electrons. The zero-order valence-corrected chi connectivity index (χ0v) is 13.9. The van der Waals surface area contributed by atoms with Gasteiger partial charge in [-0.25, -0.2) is 0 Å². The van der Waals surface area contributed by atoms with Gasteiger partial charge in [-0.05, 0) is 49.8 Å². The molecule has 1 saturated carbocycles. The van der Waals surface area contributed by atoms with Gasteiger partial charge in [0.2, 0.25) is 0 Å². The predicted octanol–water partition coefficient (Wildman–Crippen LogP) is 3.50. The van der Waals surface area contributed by atoms with Crippen molar-refractivity contribution in [3.8, 4) is 5.75 Å². The Morgan fingerprint density at radius 3 is 2.74 bits per heavy atom. The Morgan fingerprint density at radius 2 is 2.09 bits per heavy atom. The lowest BCUT2D eigenvalue weighted by Gasteiger charge is -2.17. The molecule has 1 fully saturated rings. The summed E-state index contributed by atoms with van der Waals surface area (Å²) in [6.45, 7) is 2.07. The number of carboxylic acids is 1. The molecule has 0 heterocycles. The van der Waals surface area contributed by atoms with Crippen molar-refractivity contribution in [1.82, 2.24) is 5.32 Å². The van der Waals surface area contributed by atoms with Crippen LogP contribution in [-0.2, 0) is 4.79 Å². The third-order valence-electron chi connectivity index (χ3n) is 3.92. The van der Waals surface area contributed by atoms with Crippen molar-refractivity contribution in [3.05, 3.63) is 28.8 Å². The number of rotatable bonds is 7. The van der Waals surface area contributed by atoms with E-state index < -0.39 is 5.97 Å². The first-order chi connectivity index (χ1) is 11.0. The van der Waals surface area contributed by atoms with Gasteiger partial charge in [-0.15, -0.1) is 0 Å². The van der Waals surface area contributed by atoms with Gasteiger partial charge in [-0.1, -0.05) is 18.5 Å². The van der Waals surface area contributed by atoms with E-state index >= 15 is 0 Å². The van der Waals surface area contributed by atoms with Crippen LogP contribution in [0.1, 0.15) is 49.4 Å². The number of carbonyl (C=O) groups excluding carboxylic acids is 1. The van der Waals surface area contributed by atoms with Gasteiger partial charge in [0.05, 0.1) is 11.7 Å². The van der Waals surface area contributed by atoms with Gasteiger partial charge in [0, 0.05) is 18.0 Å². The second-order valence-corrected chi connectivity index (χ2v) is 6.51. The second-order valence-electron chi connectivity index (χ2n) is 6.08. The van der Waals surface area contributed by atoms with Gasteiger partial charge >= 0.3 is 5.97 Å². The highest BCUT2D eigenvalue weighted by molar-refractivity contribution is 6.31. The van der Waals surface area contributed by atoms with Gasteiger partial charge in [-0.3, -0.25) is 9.59 Å². The molecule has 1 aromatic rings. The molecule has 5 nitrogen and oxygen atoms in total. The number of aliphatic carboxylic acids is 1. The average molecular weight is 340 g/mol. The Labute approximate surface area is 141 Å². The second kappa shape index (κ2) is 8.20. The molecule has 1 aliphatic rings. The van der Waals surface area contributed by atoms with Gasteiger partial charge < -0.3 is 15.2 Å². The largest absolute Gasteiger partial charge is 0.490 e. The smallest absolute Gasteiger partial charge is 0.303 e. The minimum Gasteiger partial charge on any atom is -0.490 e. The van der Waals surface area contributed by atoms with Crippen LogP contribution >= 0.6 is 11.6 Å². The molecule has 23 heavy (non-hydrogen) atoms. The van der Waals surface area contributed by atoms with Crippen LogP contribution < -0.4 is 10.1 Å². The third-order valence-corrected chi connectivity index (χ3v) is 4.15. The zero-order valence-electron chi connectivity index (χ0n) is 13.2. The molecule has 1 unspecified atom stereocenters. The summed E-state index contributed by atoms with van der Waals surface area (Å²) in [5.41, 5.74) is 0.395. The molecular weight excluding hydrogens is 318 g/mol. The fourth-order valence-corrected chi connectivity index (χ4v) is 2.87. The summed E-state index contributed by atoms with van der Waals surface area (Å²) in [5.74, 6) is -0.781. The summed E-state index contributed by atoms with van der Waals surface area (Å²) in [6.07, 6.45) is 4.45. The van der Waals surface area contributed by atoms with Gasteiger partial charge in [0.25, 0.3) is 5.91 Å². The van der Waals surface area contributed by atoms with E-state index in [1.54, 1.807) is 25.1 Å². The summed E-state index contributed by atoms with van der Waals surface area (Å²) < 4.78 is 5.94. The number of carboxylic acid groups (broad SMARTS) is 1. The number of nitrogens with one attached hydrogen (secondary N) is 1. The van der Waals surface area contributed by atoms with E-state index in [0.29, 0.717) is 22.9 Å². The molecule has 1 aromatic carbocycles. The summed E-state index contributed by atoms with van der Waals surface area (Å²) in [6, 6.07) is 5.01. The van der Waals surface area contributed by atoms with E-state index in [1.807, 2.05) is 0 Å². The molecule has 0 radical (unpaired) electrons. The van der Waals surface area contributed by atoms with Crippen LogP contribution in [0.5, 0.6) is 5.75 Å². The highest BCUT2D eigenvalue weighted by Crippen LogP contribution is 2.28. The lowest BCUT2D eigenvalue weighted by atomic mass is 10.1. The molecule has 1 atom stereocenters. The number of hydrogen-bond acceptors (Lipinski definition) is 3. The maximum Gasteiger partial charge on any atom is 0.303 e. The number of amides is 1. The van der Waals surface area contributed by atoms with Gasteiger partial charge in [0.1, 0.15) is 5.75 Å². The van der Waals surface area contributed by atoms with Crippen LogP contribution in [0.15, 0.2) is 18.2 Å². The van der Waals surface area contributed by atoms with Crippen LogP contribution in [0.4, 0.5) is 0 Å². The molecule has 6 heteroatoms. The Hall–Kier alpha value is -1.75. The predicted molar refractivity (Wildman–Crippen MR) is 88.1 cm³/mol. The van der Waals surface area contributed by atoms with Crippen molar-refractivity contribution in [2.24, 2.45) is 5.92 Å². The normalized spacial score (nSPS) is 16.1. The summed E-state index contributed by atoms with van der Waals surface area (Å²) in [5, 5.41) is 12.0. The molecule has 0 bridgehead atoms. The Bertz CT molecular complexity index is 570. The quantitative estimate of drug-likeness (QED) is 0.797. The minimum absolute atomic E-state index is 0.0151. The molecule has 2 N–H and O–H groups in total. The maximum absolute atomic E-state index is 12.4. The SMILES string of the molecule is CC(CNC(=O)c1cc(Cl)ccc1OC1CCCC1)CC(=O)O. The molecular formula is C17H22ClNO4. The topological polar surface area (TPSA) is 75.6 Å². The van der Waals surface area contributed by atoms with Crippen molar-refractivity contribution in [3.63, 3.8) is 0 Å². The van der Waals surface area contributed by atoms with Gasteiger partial charge in [-0.2, -0.15) is 0 Å². The number of ether oxygens (including phenoxy) is 1. The molecule has 1 aliphatic carbocycles. The monoisotopic (exact) mass is 339 g/mol. The highest BCUT2D eigenvalue weighted by Gasteiger charge is 2.21. The maximum atomic E-state index is 12.4. The first-order valence-corrected chi connectivity index (χ1v) is 8.29. The molecule has 0 aromatic heterocycles. The van der Waals surface area contributed by atoms with E-state index in [1.165, 1.54) is 0 Å². The standard InChI is InChI=1S/C17H22ClNO4/c1-11(8-16(20)21)10-19-17(22)14-9-12(18)6-7-15(14)23-13-4-2-3-5-13/h6-7,9,11,13H,2-5,8,10H2,1H3,(H,19,22)(H,20,21). The van der Waals surface area contributed by atoms with Crippen molar-refractivity contribution in [2.75, 3.05) is 6.54 Å². The number of carbonyl (C=O) groups is 2. The summed E-state index contributed by atoms with van der Waals surface area (Å²) in [4.78, 5) is 23.1. The third kappa shape index (κ3) is 5.43. The van der Waals surface area contributed by atoms with E-state index in [2.05, 4.69) is 5.32 Å². The molecule has 2 rings (SSSR count). The van der Waals surface area contributed by atoms with Crippen LogP contribution in [0.2, 0.25) is 5.02 Å². The van der Waals surface area contributed by atoms with E-state index in [0.717, 1.165) is 25.7 Å². The van der Waals surface area contributed by atoms with Crippen molar-refractivity contribution in [2.45, 2.75) is 45.1 Å². The van der Waals surface area contributed by atoms with Crippen molar-refractivity contribution in [1.29, 1.82) is 0 Å². The lowest BCUT2D eigenvalue weighted by molar-refractivity contribution is -0.137. The summed E-state index contributed by atoms with van der Waals surface area (Å²) in [7, 11) is 0. The summed E-state index contributed by atoms with van der Waals surface area (Å²) >= 11 is 6.00. The Balaban J connectivity index is 2.02. The highest BCUT2D eigenvalue weighted by atomic mass is 35.5. The fourth-order valence-electron chi connectivity index (χ4n) is 2.70. The van der Waals surface area contributed by atoms with E-state index in [-0.39, 0.29) is 24.3 Å². The number of hydrogen-bond donors (Lipinski definition) is 2. The molecule has 0 spiro atoms. The molecule has 0 aliphatic heterocycles. The van der Waals surface area contributed by atoms with Crippen molar-refractivity contribution >= 4 is 23.5 Å². The minimum atomic E-state index is -0.875. The van der Waals surface area contributed by atoms with E-state index in [9.17, 15) is 9.59 Å². The van der Waals surface area contributed by atoms with E-state index in [4.69, 9.17) is 21.4 Å². The van der Waals surface area contributed by atoms with Crippen LogP contribution in [0, 0.1) is 5.92 Å². The van der Waals surface area contributed by atoms with Crippen LogP contribution in [0.3, 0.4) is 0 Å². The van der Waals surface area contributed by atoms with Crippen LogP contribution in [-0.4, -0.2) is 29.6 Å². The molecule has 1 amide bonds. The average Bonchev–Trinajstić information content (AvgIpc) is 2.99. The fraction of sp³-hybridized carbons (Fsp3) is 0.529. The Kier molecular flexibility index (Phi) is 6.28. The van der Waals surface area contributed by atoms with Crippen LogP contribution in [0.25, 0.3) is 0 Å². The molecule has 0 saturated heterocycles. The first kappa shape index (κ1) is 17.6. The number of benzene rings is 1. The Morgan fingerprint density at radius 1 is 1.39 bits per heavy atom.